The summed E-state index contributed by atoms with van der Waals surface area (Å²) < 4.78 is 19.0. The molecule has 39 heavy (non-hydrogen) atoms. The summed E-state index contributed by atoms with van der Waals surface area (Å²) in [6.45, 7) is 15.6. The van der Waals surface area contributed by atoms with Gasteiger partial charge in [0, 0.05) is 11.8 Å². The Morgan fingerprint density at radius 2 is 1.87 bits per heavy atom. The number of aromatic nitrogens is 2. The van der Waals surface area contributed by atoms with Crippen LogP contribution in [0.5, 0.6) is 0 Å². The van der Waals surface area contributed by atoms with Gasteiger partial charge >= 0.3 is 11.8 Å². The molecule has 1 aromatic carbocycles. The molecule has 2 heterocycles. The van der Waals surface area contributed by atoms with Crippen molar-refractivity contribution in [1.82, 2.24) is 14.9 Å². The van der Waals surface area contributed by atoms with Gasteiger partial charge in [0.05, 0.1) is 12.1 Å². The number of amides is 1. The van der Waals surface area contributed by atoms with Gasteiger partial charge in [0.1, 0.15) is 24.9 Å². The Balaban J connectivity index is 1.93. The van der Waals surface area contributed by atoms with Crippen molar-refractivity contribution >= 4 is 14.4 Å². The summed E-state index contributed by atoms with van der Waals surface area (Å²) in [7, 11) is -2.43. The first-order valence-corrected chi connectivity index (χ1v) is 15.7. The normalized spacial score (nSPS) is 23.2. The fourth-order valence-electron chi connectivity index (χ4n) is 4.02. The Morgan fingerprint density at radius 3 is 2.46 bits per heavy atom. The molecule has 0 radical (unpaired) electrons. The maximum Gasteiger partial charge on any atom is 0.407 e. The van der Waals surface area contributed by atoms with Gasteiger partial charge in [0.25, 0.3) is 5.56 Å². The van der Waals surface area contributed by atoms with Crippen LogP contribution in [0.3, 0.4) is 0 Å². The molecule has 214 valence electrons. The number of nitrogens with one attached hydrogen (secondary N) is 2. The molecule has 0 saturated carbocycles. The molecule has 1 aliphatic rings. The van der Waals surface area contributed by atoms with Crippen molar-refractivity contribution in [3.8, 4) is 0 Å². The zero-order chi connectivity index (χ0) is 29.1. The van der Waals surface area contributed by atoms with Crippen LogP contribution >= 0.6 is 0 Å². The zero-order valence-corrected chi connectivity index (χ0v) is 24.2. The van der Waals surface area contributed by atoms with Crippen LogP contribution in [-0.2, 0) is 20.5 Å². The van der Waals surface area contributed by atoms with Gasteiger partial charge in [0.15, 0.2) is 14.5 Å². The van der Waals surface area contributed by atoms with Crippen molar-refractivity contribution in [2.24, 2.45) is 0 Å². The van der Waals surface area contributed by atoms with Crippen LogP contribution in [0.4, 0.5) is 4.79 Å². The zero-order valence-electron chi connectivity index (χ0n) is 23.2. The number of hydrogen-bond donors (Lipinski definition) is 4. The van der Waals surface area contributed by atoms with E-state index in [-0.39, 0.29) is 17.2 Å². The summed E-state index contributed by atoms with van der Waals surface area (Å²) in [5, 5.41) is 24.5. The maximum atomic E-state index is 12.9. The minimum Gasteiger partial charge on any atom is -0.445 e. The number of carbonyl (C=O) groups is 1. The molecule has 0 aliphatic carbocycles. The van der Waals surface area contributed by atoms with E-state index in [0.717, 1.165) is 10.1 Å². The molecule has 1 aliphatic heterocycles. The number of aromatic amines is 1. The number of ether oxygens (including phenoxy) is 2. The van der Waals surface area contributed by atoms with Crippen molar-refractivity contribution in [2.45, 2.75) is 89.1 Å². The summed E-state index contributed by atoms with van der Waals surface area (Å²) in [6, 6.07) is 8.08. The number of aliphatic hydroxyl groups excluding tert-OH is 2. The number of hydrogen-bond acceptors (Lipinski definition) is 8. The number of benzene rings is 1. The molecule has 12 heteroatoms. The highest BCUT2D eigenvalue weighted by molar-refractivity contribution is 6.74. The lowest BCUT2D eigenvalue weighted by atomic mass is 9.98. The molecule has 6 atom stereocenters. The van der Waals surface area contributed by atoms with E-state index >= 15 is 0 Å². The predicted molar refractivity (Wildman–Crippen MR) is 148 cm³/mol. The second-order valence-corrected chi connectivity index (χ2v) is 16.0. The van der Waals surface area contributed by atoms with E-state index in [1.807, 2.05) is 43.4 Å². The molecule has 1 amide bonds. The molecule has 0 bridgehead atoms. The number of aliphatic hydroxyl groups is 2. The molecule has 3 rings (SSSR count). The van der Waals surface area contributed by atoms with E-state index in [4.69, 9.17) is 13.9 Å². The highest BCUT2D eigenvalue weighted by Gasteiger charge is 2.51. The summed E-state index contributed by atoms with van der Waals surface area (Å²) in [4.78, 5) is 39.4. The van der Waals surface area contributed by atoms with Gasteiger partial charge in [0.2, 0.25) is 0 Å². The van der Waals surface area contributed by atoms with Crippen molar-refractivity contribution in [2.75, 3.05) is 0 Å². The monoisotopic (exact) mass is 561 g/mol. The lowest BCUT2D eigenvalue weighted by Crippen LogP contribution is -2.58. The number of aryl methyl sites for hydroxylation is 1. The lowest BCUT2D eigenvalue weighted by Gasteiger charge is -2.41. The van der Waals surface area contributed by atoms with Crippen LogP contribution in [0, 0.1) is 6.92 Å². The minimum atomic E-state index is -2.43. The first-order valence-electron chi connectivity index (χ1n) is 12.8. The van der Waals surface area contributed by atoms with Crippen LogP contribution < -0.4 is 16.6 Å². The Bertz CT molecular complexity index is 1270. The Labute approximate surface area is 228 Å². The molecule has 0 unspecified atom stereocenters. The van der Waals surface area contributed by atoms with Crippen molar-refractivity contribution in [1.29, 1.82) is 0 Å². The molecule has 1 aromatic heterocycles. The van der Waals surface area contributed by atoms with Crippen LogP contribution in [0.15, 0.2) is 58.8 Å². The molecular formula is C27H39N3O8Si. The summed E-state index contributed by atoms with van der Waals surface area (Å²) in [6.07, 6.45) is -4.51. The highest BCUT2D eigenvalue weighted by atomic mass is 28.4. The number of alkyl carbamates (subject to hydrolysis) is 1. The second kappa shape index (κ2) is 12.0. The Kier molecular flexibility index (Phi) is 9.39. The first kappa shape index (κ1) is 30.5. The lowest BCUT2D eigenvalue weighted by molar-refractivity contribution is -0.0618. The van der Waals surface area contributed by atoms with E-state index in [1.165, 1.54) is 19.2 Å². The molecule has 4 N–H and O–H groups in total. The van der Waals surface area contributed by atoms with Gasteiger partial charge < -0.3 is 29.4 Å². The van der Waals surface area contributed by atoms with Gasteiger partial charge in [-0.1, -0.05) is 57.2 Å². The van der Waals surface area contributed by atoms with E-state index in [1.54, 1.807) is 0 Å². The van der Waals surface area contributed by atoms with Crippen LogP contribution in [0.25, 0.3) is 0 Å². The summed E-state index contributed by atoms with van der Waals surface area (Å²) in [5.74, 6) is 0. The molecule has 1 fully saturated rings. The van der Waals surface area contributed by atoms with Gasteiger partial charge in [-0.25, -0.2) is 9.59 Å². The Morgan fingerprint density at radius 1 is 1.23 bits per heavy atom. The Hall–Kier alpha value is -3.03. The van der Waals surface area contributed by atoms with Crippen molar-refractivity contribution in [3.63, 3.8) is 0 Å². The third kappa shape index (κ3) is 6.95. The molecule has 11 nitrogen and oxygen atoms in total. The molecule has 1 saturated heterocycles. The summed E-state index contributed by atoms with van der Waals surface area (Å²) >= 11 is 0. The SMILES string of the molecule is C=C[C@H](O[Si](C)(C)C(C)(C)C)[C@@H](NC(=O)OCc1ccccc1)[C@@H]1O[C@@H](n2cc(C)c(=O)[nH]c2=O)[C@H](O)[C@@H]1O. The quantitative estimate of drug-likeness (QED) is 0.269. The summed E-state index contributed by atoms with van der Waals surface area (Å²) in [5.41, 5.74) is -0.390. The van der Waals surface area contributed by atoms with Gasteiger partial charge in [-0.2, -0.15) is 0 Å². The standard InChI is InChI=1S/C27H39N3O8Si/c1-8-18(38-39(6,7)27(3,4)5)19(28-26(35)36-15-17-12-10-9-11-13-17)22-20(31)21(32)24(37-22)30-14-16(2)23(33)29-25(30)34/h8-14,18-22,24,31-32H,1,15H2,2-7H3,(H,28,35)(H,29,33,34)/t18-,19+,20-,21+,22-,24+/m0/s1. The number of carbonyl (C=O) groups excluding carboxylic acids is 1. The van der Waals surface area contributed by atoms with Crippen LogP contribution in [-0.4, -0.2) is 64.6 Å². The van der Waals surface area contributed by atoms with E-state index in [2.05, 4.69) is 37.7 Å². The largest absolute Gasteiger partial charge is 0.445 e. The van der Waals surface area contributed by atoms with Crippen molar-refractivity contribution in [3.05, 3.63) is 81.1 Å². The third-order valence-corrected chi connectivity index (χ3v) is 11.8. The highest BCUT2D eigenvalue weighted by Crippen LogP contribution is 2.39. The van der Waals surface area contributed by atoms with Gasteiger partial charge in [-0.05, 0) is 30.6 Å². The third-order valence-electron chi connectivity index (χ3n) is 7.37. The van der Waals surface area contributed by atoms with Gasteiger partial charge in [-0.15, -0.1) is 6.58 Å². The fourth-order valence-corrected chi connectivity index (χ4v) is 5.30. The maximum absolute atomic E-state index is 12.9. The van der Waals surface area contributed by atoms with E-state index in [9.17, 15) is 24.6 Å². The van der Waals surface area contributed by atoms with E-state index < -0.39 is 62.3 Å². The van der Waals surface area contributed by atoms with Crippen LogP contribution in [0.1, 0.15) is 38.1 Å². The molecular weight excluding hydrogens is 522 g/mol. The van der Waals surface area contributed by atoms with E-state index in [0.29, 0.717) is 0 Å². The van der Waals surface area contributed by atoms with Crippen molar-refractivity contribution < 1.29 is 28.9 Å². The van der Waals surface area contributed by atoms with Gasteiger partial charge in [-0.3, -0.25) is 14.3 Å². The first-order chi connectivity index (χ1) is 18.2. The minimum absolute atomic E-state index is 0.00656. The average molecular weight is 562 g/mol. The number of nitrogens with zero attached hydrogens (tertiary/aromatic N) is 1. The smallest absolute Gasteiger partial charge is 0.407 e. The number of rotatable bonds is 9. The molecule has 2 aromatic rings. The molecule has 0 spiro atoms. The fraction of sp³-hybridized carbons (Fsp3) is 0.519. The average Bonchev–Trinajstić information content (AvgIpc) is 3.16. The van der Waals surface area contributed by atoms with Crippen LogP contribution in [0.2, 0.25) is 18.1 Å². The number of H-pyrrole nitrogens is 1. The predicted octanol–water partition coefficient (Wildman–Crippen LogP) is 2.34. The topological polar surface area (TPSA) is 152 Å². The second-order valence-electron chi connectivity index (χ2n) is 11.3.